The molecule has 3 heteroatoms. The first-order valence-electron chi connectivity index (χ1n) is 11.8. The maximum Gasteiger partial charge on any atom is 2.00 e. The van der Waals surface area contributed by atoms with Crippen LogP contribution in [-0.4, -0.2) is 0 Å². The van der Waals surface area contributed by atoms with Crippen LogP contribution in [0.1, 0.15) is 51.7 Å². The fraction of sp³-hybridized carbons (Fsp3) is 0.312. The Hall–Kier alpha value is -1.40. The topological polar surface area (TPSA) is 0 Å². The molecular formula is C32H36Cl2Zr. The smallest absolute Gasteiger partial charge is 0.191 e. The van der Waals surface area contributed by atoms with Crippen molar-refractivity contribution in [1.29, 1.82) is 0 Å². The molecule has 0 N–H and O–H groups in total. The fourth-order valence-electron chi connectivity index (χ4n) is 4.34. The zero-order chi connectivity index (χ0) is 22.9. The minimum atomic E-state index is 0. The summed E-state index contributed by atoms with van der Waals surface area (Å²) in [6.45, 7) is 13.2. The van der Waals surface area contributed by atoms with E-state index in [1.807, 2.05) is 0 Å². The number of fused-ring (bicyclic) bond motifs is 3. The molecule has 0 amide bonds. The molecule has 0 saturated heterocycles. The van der Waals surface area contributed by atoms with Crippen LogP contribution in [-0.2, 0) is 26.2 Å². The van der Waals surface area contributed by atoms with Gasteiger partial charge in [0.2, 0.25) is 0 Å². The van der Waals surface area contributed by atoms with E-state index in [1.54, 1.807) is 0 Å². The van der Waals surface area contributed by atoms with Gasteiger partial charge in [-0.25, -0.2) is 0 Å². The Bertz CT molecular complexity index is 1280. The molecule has 0 fully saturated rings. The summed E-state index contributed by atoms with van der Waals surface area (Å²) in [7, 11) is 0. The van der Waals surface area contributed by atoms with Gasteiger partial charge in [0.25, 0.3) is 0 Å². The van der Waals surface area contributed by atoms with Crippen molar-refractivity contribution < 1.29 is 26.2 Å². The second-order valence-electron chi connectivity index (χ2n) is 9.74. The number of hydrogen-bond donors (Lipinski definition) is 0. The van der Waals surface area contributed by atoms with Gasteiger partial charge in [-0.2, -0.15) is 33.7 Å². The van der Waals surface area contributed by atoms with Gasteiger partial charge in [0.05, 0.1) is 0 Å². The molecule has 0 spiro atoms. The summed E-state index contributed by atoms with van der Waals surface area (Å²) in [5.74, 6) is 0. The second kappa shape index (κ2) is 12.7. The number of rotatable bonds is 2. The van der Waals surface area contributed by atoms with Crippen LogP contribution in [0.2, 0.25) is 0 Å². The summed E-state index contributed by atoms with van der Waals surface area (Å²) in [6, 6.07) is 21.4. The van der Waals surface area contributed by atoms with E-state index in [9.17, 15) is 0 Å². The van der Waals surface area contributed by atoms with E-state index in [4.69, 9.17) is 0 Å². The first-order valence-corrected chi connectivity index (χ1v) is 11.8. The van der Waals surface area contributed by atoms with Crippen LogP contribution in [0.15, 0.2) is 60.7 Å². The summed E-state index contributed by atoms with van der Waals surface area (Å²) < 4.78 is 0. The monoisotopic (exact) mass is 580 g/mol. The standard InChI is InChI=1S/2C13H15.C6H4.2ClH.Zr/c2*1-4-13(3)8-11-7-5-6-10(2)12(11)9-13;1-2-6-4-3-5(1)6;;;/h2*5-8H,4H2,1-3H3;1-4H;2*1H;/q2*-1;;;;+2. The quantitative estimate of drug-likeness (QED) is 0.246. The van der Waals surface area contributed by atoms with Gasteiger partial charge in [-0.05, 0) is 11.1 Å². The zero-order valence-corrected chi connectivity index (χ0v) is 25.7. The third-order valence-electron chi connectivity index (χ3n) is 7.07. The molecule has 0 nitrogen and oxygen atoms in total. The van der Waals surface area contributed by atoms with Gasteiger partial charge in [0.1, 0.15) is 0 Å². The molecular weight excluding hydrogens is 546 g/mol. The summed E-state index contributed by atoms with van der Waals surface area (Å²) in [4.78, 5) is 0. The van der Waals surface area contributed by atoms with Crippen molar-refractivity contribution in [2.45, 2.75) is 54.4 Å². The van der Waals surface area contributed by atoms with Crippen molar-refractivity contribution in [1.82, 2.24) is 0 Å². The van der Waals surface area contributed by atoms with Crippen molar-refractivity contribution in [3.05, 3.63) is 92.7 Å². The molecule has 0 saturated carbocycles. The van der Waals surface area contributed by atoms with Gasteiger partial charge >= 0.3 is 26.2 Å². The van der Waals surface area contributed by atoms with Crippen LogP contribution in [0, 0.1) is 24.7 Å². The molecule has 2 aromatic carbocycles. The third-order valence-corrected chi connectivity index (χ3v) is 7.07. The summed E-state index contributed by atoms with van der Waals surface area (Å²) in [5.41, 5.74) is 5.85. The minimum Gasteiger partial charge on any atom is -0.191 e. The molecule has 6 rings (SSSR count). The summed E-state index contributed by atoms with van der Waals surface area (Å²) in [5, 5.41) is 5.33. The Morgan fingerprint density at radius 2 is 0.943 bits per heavy atom. The molecule has 0 aromatic heterocycles. The van der Waals surface area contributed by atoms with E-state index in [2.05, 4.69) is 127 Å². The first kappa shape index (κ1) is 31.6. The molecule has 35 heavy (non-hydrogen) atoms. The predicted molar refractivity (Wildman–Crippen MR) is 153 cm³/mol. The number of hydrogen-bond acceptors (Lipinski definition) is 0. The van der Waals surface area contributed by atoms with Gasteiger partial charge in [0, 0.05) is 0 Å². The molecule has 0 aliphatic heterocycles. The van der Waals surface area contributed by atoms with Crippen molar-refractivity contribution in [3.8, 4) is 11.1 Å². The van der Waals surface area contributed by atoms with Crippen LogP contribution >= 0.6 is 24.8 Å². The Kier molecular flexibility index (Phi) is 11.5. The van der Waals surface area contributed by atoms with Gasteiger partial charge in [-0.3, -0.25) is 0 Å². The van der Waals surface area contributed by atoms with E-state index in [-0.39, 0.29) is 61.8 Å². The average Bonchev–Trinajstić information content (AvgIpc) is 3.31. The van der Waals surface area contributed by atoms with E-state index >= 15 is 0 Å². The molecule has 0 heterocycles. The SMILES string of the molecule is CCC1(C)[C-]=c2c(C)cccc2=C1.CCC1(C)[C-]=c2c(C)cccc2=C1.Cl.Cl.[Zr+2].c1cc2ccc1-2. The summed E-state index contributed by atoms with van der Waals surface area (Å²) in [6.07, 6.45) is 14.1. The first-order chi connectivity index (χ1) is 15.3. The van der Waals surface area contributed by atoms with E-state index in [1.165, 1.54) is 43.1 Å². The number of halogens is 2. The van der Waals surface area contributed by atoms with Crippen LogP contribution in [0.4, 0.5) is 0 Å². The number of benzene rings is 3. The third kappa shape index (κ3) is 6.88. The molecule has 182 valence electrons. The molecule has 2 atom stereocenters. The predicted octanol–water partition coefficient (Wildman–Crippen LogP) is 6.23. The van der Waals surface area contributed by atoms with E-state index in [0.29, 0.717) is 0 Å². The van der Waals surface area contributed by atoms with Crippen LogP contribution in [0.5, 0.6) is 0 Å². The zero-order valence-electron chi connectivity index (χ0n) is 21.7. The molecule has 2 unspecified atom stereocenters. The molecule has 4 aliphatic carbocycles. The van der Waals surface area contributed by atoms with Crippen molar-refractivity contribution in [2.75, 3.05) is 0 Å². The van der Waals surface area contributed by atoms with Crippen LogP contribution in [0.3, 0.4) is 0 Å². The largest absolute Gasteiger partial charge is 2.00 e. The second-order valence-corrected chi connectivity index (χ2v) is 9.74. The molecule has 0 radical (unpaired) electrons. The van der Waals surface area contributed by atoms with Crippen LogP contribution < -0.4 is 20.9 Å². The maximum absolute atomic E-state index is 3.57. The van der Waals surface area contributed by atoms with Gasteiger partial charge in [-0.15, -0.1) is 71.7 Å². The Labute approximate surface area is 242 Å². The number of aryl methyl sites for hydroxylation is 2. The fourth-order valence-corrected chi connectivity index (χ4v) is 4.34. The van der Waals surface area contributed by atoms with Crippen molar-refractivity contribution in [2.24, 2.45) is 10.8 Å². The molecule has 0 bridgehead atoms. The Morgan fingerprint density at radius 3 is 1.17 bits per heavy atom. The Morgan fingerprint density at radius 1 is 0.600 bits per heavy atom. The maximum atomic E-state index is 3.57. The summed E-state index contributed by atoms with van der Waals surface area (Å²) >= 11 is 0. The van der Waals surface area contributed by atoms with Crippen molar-refractivity contribution >= 4 is 49.1 Å². The van der Waals surface area contributed by atoms with Gasteiger partial charge < -0.3 is 0 Å². The molecule has 4 aliphatic rings. The average molecular weight is 583 g/mol. The van der Waals surface area contributed by atoms with Crippen molar-refractivity contribution in [3.63, 3.8) is 0 Å². The van der Waals surface area contributed by atoms with E-state index < -0.39 is 0 Å². The van der Waals surface area contributed by atoms with Crippen LogP contribution in [0.25, 0.3) is 35.4 Å². The minimum absolute atomic E-state index is 0. The Balaban J connectivity index is 0.000000265. The molecule has 2 aromatic rings. The van der Waals surface area contributed by atoms with Gasteiger partial charge in [0.15, 0.2) is 0 Å². The van der Waals surface area contributed by atoms with E-state index in [0.717, 1.165) is 12.8 Å². The van der Waals surface area contributed by atoms with Gasteiger partial charge in [-0.1, -0.05) is 102 Å². The normalized spacial score (nSPS) is 20.4.